The van der Waals surface area contributed by atoms with Crippen LogP contribution in [0.5, 0.6) is 0 Å². The van der Waals surface area contributed by atoms with Gasteiger partial charge in [-0.2, -0.15) is 0 Å². The topological polar surface area (TPSA) is 21.9 Å². The van der Waals surface area contributed by atoms with Crippen molar-refractivity contribution in [2.24, 2.45) is 0 Å². The van der Waals surface area contributed by atoms with Gasteiger partial charge in [0.1, 0.15) is 11.6 Å². The van der Waals surface area contributed by atoms with Crippen LogP contribution in [-0.4, -0.2) is 5.54 Å². The third kappa shape index (κ3) is 1.44. The maximum atomic E-state index is 13.2. The molecule has 1 N–H and O–H groups in total. The van der Waals surface area contributed by atoms with Crippen LogP contribution in [0.25, 0.3) is 0 Å². The second-order valence-electron chi connectivity index (χ2n) is 3.96. The Labute approximate surface area is 75.8 Å². The molecule has 70 valence electrons. The van der Waals surface area contributed by atoms with Crippen LogP contribution in [0.15, 0.2) is 18.2 Å². The van der Waals surface area contributed by atoms with E-state index >= 15 is 0 Å². The molecule has 1 aromatic rings. The van der Waals surface area contributed by atoms with Crippen molar-refractivity contribution in [2.75, 3.05) is 0 Å². The first-order valence-corrected chi connectivity index (χ1v) is 4.23. The first kappa shape index (κ1) is 8.63. The van der Waals surface area contributed by atoms with Crippen molar-refractivity contribution in [3.63, 3.8) is 0 Å². The van der Waals surface area contributed by atoms with Crippen molar-refractivity contribution in [3.05, 3.63) is 35.4 Å². The Hall–Kier alpha value is -0.960. The number of nitrogens with one attached hydrogen (secondary N) is 1. The fourth-order valence-electron chi connectivity index (χ4n) is 1.53. The number of hydrogen-bond acceptors (Lipinski definition) is 1. The number of benzene rings is 1. The van der Waals surface area contributed by atoms with Gasteiger partial charge in [0, 0.05) is 17.2 Å². The summed E-state index contributed by atoms with van der Waals surface area (Å²) in [5.41, 5.74) is 0.491. The molecule has 1 atom stereocenters. The summed E-state index contributed by atoms with van der Waals surface area (Å²) in [5.74, 6) is -0.997. The molecule has 0 aromatic heterocycles. The molecule has 1 heterocycles. The summed E-state index contributed by atoms with van der Waals surface area (Å²) in [6.45, 7) is 3.97. The summed E-state index contributed by atoms with van der Waals surface area (Å²) < 4.78 is 25.8. The van der Waals surface area contributed by atoms with E-state index in [1.165, 1.54) is 12.1 Å². The van der Waals surface area contributed by atoms with Crippen LogP contribution in [0, 0.1) is 11.6 Å². The monoisotopic (exact) mass is 183 g/mol. The zero-order chi connectivity index (χ0) is 9.64. The minimum absolute atomic E-state index is 0.0214. The van der Waals surface area contributed by atoms with E-state index in [1.807, 2.05) is 13.8 Å². The molecular weight excluding hydrogens is 172 g/mol. The third-order valence-electron chi connectivity index (χ3n) is 2.43. The fourth-order valence-corrected chi connectivity index (χ4v) is 1.53. The van der Waals surface area contributed by atoms with Crippen molar-refractivity contribution < 1.29 is 8.78 Å². The van der Waals surface area contributed by atoms with Crippen molar-refractivity contribution in [3.8, 4) is 0 Å². The van der Waals surface area contributed by atoms with E-state index < -0.39 is 11.6 Å². The van der Waals surface area contributed by atoms with Crippen LogP contribution in [0.1, 0.15) is 25.5 Å². The van der Waals surface area contributed by atoms with E-state index in [0.717, 1.165) is 6.07 Å². The van der Waals surface area contributed by atoms with Gasteiger partial charge in [-0.15, -0.1) is 0 Å². The highest BCUT2D eigenvalue weighted by Gasteiger charge is 2.46. The lowest BCUT2D eigenvalue weighted by Crippen LogP contribution is -2.01. The normalized spacial score (nSPS) is 24.5. The van der Waals surface area contributed by atoms with Crippen LogP contribution < -0.4 is 5.32 Å². The van der Waals surface area contributed by atoms with Crippen LogP contribution in [0.3, 0.4) is 0 Å². The second-order valence-corrected chi connectivity index (χ2v) is 3.96. The Bertz CT molecular complexity index is 347. The molecule has 1 fully saturated rings. The quantitative estimate of drug-likeness (QED) is 0.663. The summed E-state index contributed by atoms with van der Waals surface area (Å²) >= 11 is 0. The van der Waals surface area contributed by atoms with Crippen LogP contribution in [0.4, 0.5) is 8.78 Å². The van der Waals surface area contributed by atoms with E-state index in [0.29, 0.717) is 5.56 Å². The first-order chi connectivity index (χ1) is 6.00. The Morgan fingerprint density at radius 1 is 1.31 bits per heavy atom. The van der Waals surface area contributed by atoms with E-state index in [9.17, 15) is 8.78 Å². The Morgan fingerprint density at radius 2 is 1.92 bits per heavy atom. The molecule has 0 bridgehead atoms. The minimum Gasteiger partial charge on any atom is -0.301 e. The van der Waals surface area contributed by atoms with Crippen LogP contribution in [0.2, 0.25) is 0 Å². The van der Waals surface area contributed by atoms with E-state index in [2.05, 4.69) is 5.32 Å². The Balaban J connectivity index is 2.33. The molecule has 1 aliphatic heterocycles. The molecule has 0 radical (unpaired) electrons. The number of halogens is 2. The summed E-state index contributed by atoms with van der Waals surface area (Å²) in [4.78, 5) is 0. The highest BCUT2D eigenvalue weighted by molar-refractivity contribution is 5.31. The van der Waals surface area contributed by atoms with Gasteiger partial charge in [-0.1, -0.05) is 6.07 Å². The highest BCUT2D eigenvalue weighted by Crippen LogP contribution is 2.40. The molecule has 0 spiro atoms. The molecule has 1 saturated heterocycles. The maximum Gasteiger partial charge on any atom is 0.130 e. The van der Waals surface area contributed by atoms with E-state index in [4.69, 9.17) is 0 Å². The Morgan fingerprint density at radius 3 is 2.38 bits per heavy atom. The van der Waals surface area contributed by atoms with Gasteiger partial charge in [-0.3, -0.25) is 0 Å². The first-order valence-electron chi connectivity index (χ1n) is 4.23. The van der Waals surface area contributed by atoms with Gasteiger partial charge < -0.3 is 5.32 Å². The predicted octanol–water partition coefficient (Wildman–Crippen LogP) is 2.39. The lowest BCUT2D eigenvalue weighted by atomic mass is 10.0. The third-order valence-corrected chi connectivity index (χ3v) is 2.43. The lowest BCUT2D eigenvalue weighted by molar-refractivity contribution is 0.568. The smallest absolute Gasteiger partial charge is 0.130 e. The minimum atomic E-state index is -0.528. The van der Waals surface area contributed by atoms with Crippen molar-refractivity contribution in [1.29, 1.82) is 0 Å². The number of hydrogen-bond donors (Lipinski definition) is 1. The summed E-state index contributed by atoms with van der Waals surface area (Å²) in [6.07, 6.45) is 0. The van der Waals surface area contributed by atoms with Crippen LogP contribution >= 0.6 is 0 Å². The van der Waals surface area contributed by atoms with Crippen LogP contribution in [-0.2, 0) is 0 Å². The second kappa shape index (κ2) is 2.51. The average molecular weight is 183 g/mol. The maximum absolute atomic E-state index is 13.2. The van der Waals surface area contributed by atoms with Gasteiger partial charge in [0.2, 0.25) is 0 Å². The molecule has 1 unspecified atom stereocenters. The molecule has 3 heteroatoms. The largest absolute Gasteiger partial charge is 0.301 e. The van der Waals surface area contributed by atoms with Crippen molar-refractivity contribution >= 4 is 0 Å². The van der Waals surface area contributed by atoms with Crippen molar-refractivity contribution in [2.45, 2.75) is 25.4 Å². The summed E-state index contributed by atoms with van der Waals surface area (Å²) in [5, 5.41) is 3.12. The molecule has 1 aromatic carbocycles. The molecule has 13 heavy (non-hydrogen) atoms. The van der Waals surface area contributed by atoms with Gasteiger partial charge in [0.25, 0.3) is 0 Å². The zero-order valence-electron chi connectivity index (χ0n) is 7.57. The lowest BCUT2D eigenvalue weighted by Gasteiger charge is -2.02. The Kier molecular flexibility index (Phi) is 1.67. The molecule has 2 rings (SSSR count). The SMILES string of the molecule is CC1(C)NC1c1ccc(F)cc1F. The molecule has 0 saturated carbocycles. The van der Waals surface area contributed by atoms with Crippen molar-refractivity contribution in [1.82, 2.24) is 5.32 Å². The van der Waals surface area contributed by atoms with Gasteiger partial charge in [0.15, 0.2) is 0 Å². The summed E-state index contributed by atoms with van der Waals surface area (Å²) in [6, 6.07) is 3.73. The predicted molar refractivity (Wildman–Crippen MR) is 46.3 cm³/mol. The molecule has 0 amide bonds. The van der Waals surface area contributed by atoms with Gasteiger partial charge in [0.05, 0.1) is 6.04 Å². The fraction of sp³-hybridized carbons (Fsp3) is 0.400. The van der Waals surface area contributed by atoms with Gasteiger partial charge in [-0.25, -0.2) is 8.78 Å². The summed E-state index contributed by atoms with van der Waals surface area (Å²) in [7, 11) is 0. The molecule has 1 nitrogen and oxygen atoms in total. The van der Waals surface area contributed by atoms with Gasteiger partial charge >= 0.3 is 0 Å². The van der Waals surface area contributed by atoms with E-state index in [-0.39, 0.29) is 11.6 Å². The number of rotatable bonds is 1. The molecule has 0 aliphatic carbocycles. The zero-order valence-corrected chi connectivity index (χ0v) is 7.57. The highest BCUT2D eigenvalue weighted by atomic mass is 19.1. The van der Waals surface area contributed by atoms with E-state index in [1.54, 1.807) is 0 Å². The van der Waals surface area contributed by atoms with Gasteiger partial charge in [-0.05, 0) is 19.9 Å². The molecule has 1 aliphatic rings. The molecular formula is C10H11F2N. The standard InChI is InChI=1S/C10H11F2N/c1-10(2)9(13-10)7-4-3-6(11)5-8(7)12/h3-5,9,13H,1-2H3. The average Bonchev–Trinajstić information content (AvgIpc) is 2.59.